The molecule has 0 radical (unpaired) electrons. The van der Waals surface area contributed by atoms with Gasteiger partial charge in [0.2, 0.25) is 0 Å². The van der Waals surface area contributed by atoms with E-state index in [9.17, 15) is 0 Å². The van der Waals surface area contributed by atoms with Crippen molar-refractivity contribution < 1.29 is 4.58 Å². The highest BCUT2D eigenvalue weighted by Gasteiger charge is 2.13. The normalized spacial score (nSPS) is 17.5. The van der Waals surface area contributed by atoms with Gasteiger partial charge in [0, 0.05) is 19.3 Å². The molecule has 42 heavy (non-hydrogen) atoms. The molecule has 0 atom stereocenters. The molecule has 1 aliphatic heterocycles. The molecular formula is C40H77N2+. The Labute approximate surface area is 265 Å². The summed E-state index contributed by atoms with van der Waals surface area (Å²) in [6.07, 6.45) is 51.4. The van der Waals surface area contributed by atoms with E-state index in [0.717, 1.165) is 0 Å². The second kappa shape index (κ2) is 33.0. The molecule has 0 fully saturated rings. The van der Waals surface area contributed by atoms with Crippen LogP contribution in [0.3, 0.4) is 0 Å². The maximum atomic E-state index is 3.76. The third kappa shape index (κ3) is 26.7. The first-order chi connectivity index (χ1) is 20.9. The van der Waals surface area contributed by atoms with Crippen LogP contribution in [0, 0.1) is 0 Å². The van der Waals surface area contributed by atoms with Crippen molar-refractivity contribution in [2.24, 2.45) is 0 Å². The molecule has 1 N–H and O–H groups in total. The summed E-state index contributed by atoms with van der Waals surface area (Å²) in [7, 11) is 0. The lowest BCUT2D eigenvalue weighted by Gasteiger charge is -2.09. The Morgan fingerprint density at radius 2 is 1.05 bits per heavy atom. The summed E-state index contributed by atoms with van der Waals surface area (Å²) in [5.74, 6) is 0. The summed E-state index contributed by atoms with van der Waals surface area (Å²) in [5.41, 5.74) is 1.63. The van der Waals surface area contributed by atoms with Crippen molar-refractivity contribution in [3.05, 3.63) is 23.9 Å². The minimum Gasteiger partial charge on any atom is -0.317 e. The molecule has 1 heterocycles. The van der Waals surface area contributed by atoms with Crippen LogP contribution in [0.4, 0.5) is 0 Å². The quantitative estimate of drug-likeness (QED) is 0.0575. The summed E-state index contributed by atoms with van der Waals surface area (Å²) in [4.78, 5) is 0. The van der Waals surface area contributed by atoms with Gasteiger partial charge in [0.25, 0.3) is 0 Å². The van der Waals surface area contributed by atoms with Gasteiger partial charge in [-0.3, -0.25) is 0 Å². The average Bonchev–Trinajstić information content (AvgIpc) is 3.05. The van der Waals surface area contributed by atoms with Crippen LogP contribution in [0.1, 0.15) is 206 Å². The molecule has 0 aromatic carbocycles. The van der Waals surface area contributed by atoms with Gasteiger partial charge in [-0.25, -0.2) is 4.58 Å². The van der Waals surface area contributed by atoms with Crippen LogP contribution >= 0.6 is 0 Å². The van der Waals surface area contributed by atoms with Crippen LogP contribution in [0.25, 0.3) is 0 Å². The van der Waals surface area contributed by atoms with Gasteiger partial charge in [0.15, 0.2) is 5.70 Å². The van der Waals surface area contributed by atoms with E-state index in [-0.39, 0.29) is 0 Å². The fourth-order valence-corrected chi connectivity index (χ4v) is 6.31. The molecule has 0 unspecified atom stereocenters. The van der Waals surface area contributed by atoms with Crippen molar-refractivity contribution in [1.82, 2.24) is 5.32 Å². The van der Waals surface area contributed by atoms with Crippen LogP contribution in [0.15, 0.2) is 23.9 Å². The Morgan fingerprint density at radius 1 is 0.548 bits per heavy atom. The van der Waals surface area contributed by atoms with E-state index < -0.39 is 0 Å². The van der Waals surface area contributed by atoms with E-state index in [1.165, 1.54) is 212 Å². The molecule has 0 aliphatic carbocycles. The fourth-order valence-electron chi connectivity index (χ4n) is 6.31. The van der Waals surface area contributed by atoms with E-state index in [1.54, 1.807) is 5.70 Å². The van der Waals surface area contributed by atoms with E-state index in [4.69, 9.17) is 0 Å². The SMILES string of the molecule is CCCCCCCCC=[N+]1CCCCCCCC/C=C\1CCCNCCCCCCCC/C=C/CCCCCCCC. The number of hydrogen-bond donors (Lipinski definition) is 1. The number of allylic oxidation sites excluding steroid dienone is 4. The van der Waals surface area contributed by atoms with Crippen LogP contribution in [0.2, 0.25) is 0 Å². The van der Waals surface area contributed by atoms with Gasteiger partial charge in [-0.15, -0.1) is 0 Å². The highest BCUT2D eigenvalue weighted by atomic mass is 15.0. The van der Waals surface area contributed by atoms with Crippen molar-refractivity contribution >= 4 is 6.21 Å². The second-order valence-electron chi connectivity index (χ2n) is 13.3. The van der Waals surface area contributed by atoms with Crippen molar-refractivity contribution in [2.45, 2.75) is 206 Å². The first kappa shape index (κ1) is 39.1. The number of nitrogens with one attached hydrogen (secondary N) is 1. The van der Waals surface area contributed by atoms with Crippen molar-refractivity contribution in [3.63, 3.8) is 0 Å². The van der Waals surface area contributed by atoms with Crippen molar-refractivity contribution in [1.29, 1.82) is 0 Å². The van der Waals surface area contributed by atoms with Gasteiger partial charge in [-0.1, -0.05) is 135 Å². The number of unbranched alkanes of at least 4 members (excludes halogenated alkanes) is 18. The van der Waals surface area contributed by atoms with E-state index in [2.05, 4.69) is 48.2 Å². The monoisotopic (exact) mass is 586 g/mol. The van der Waals surface area contributed by atoms with Gasteiger partial charge in [-0.2, -0.15) is 0 Å². The van der Waals surface area contributed by atoms with Gasteiger partial charge < -0.3 is 5.32 Å². The summed E-state index contributed by atoms with van der Waals surface area (Å²) >= 11 is 0. The molecule has 2 heteroatoms. The Hall–Kier alpha value is -0.890. The predicted octanol–water partition coefficient (Wildman–Crippen LogP) is 12.9. The minimum absolute atomic E-state index is 1.17. The van der Waals surface area contributed by atoms with Crippen molar-refractivity contribution in [2.75, 3.05) is 19.6 Å². The van der Waals surface area contributed by atoms with Crippen LogP contribution in [-0.4, -0.2) is 30.4 Å². The zero-order valence-corrected chi connectivity index (χ0v) is 29.1. The summed E-state index contributed by atoms with van der Waals surface area (Å²) in [6.45, 7) is 8.23. The fraction of sp³-hybridized carbons (Fsp3) is 0.875. The summed E-state index contributed by atoms with van der Waals surface area (Å²) < 4.78 is 2.68. The summed E-state index contributed by atoms with van der Waals surface area (Å²) in [5, 5.41) is 3.76. The Morgan fingerprint density at radius 3 is 1.69 bits per heavy atom. The molecule has 246 valence electrons. The molecule has 0 aromatic rings. The lowest BCUT2D eigenvalue weighted by Crippen LogP contribution is -2.19. The molecule has 0 bridgehead atoms. The van der Waals surface area contributed by atoms with Crippen LogP contribution in [-0.2, 0) is 0 Å². The smallest absolute Gasteiger partial charge is 0.177 e. The zero-order chi connectivity index (χ0) is 30.0. The zero-order valence-electron chi connectivity index (χ0n) is 29.1. The number of nitrogens with zero attached hydrogens (tertiary/aromatic N) is 1. The molecule has 0 spiro atoms. The van der Waals surface area contributed by atoms with E-state index >= 15 is 0 Å². The third-order valence-corrected chi connectivity index (χ3v) is 9.16. The Bertz CT molecular complexity index is 632. The average molecular weight is 586 g/mol. The van der Waals surface area contributed by atoms with E-state index in [1.807, 2.05) is 0 Å². The molecule has 0 aromatic heterocycles. The highest BCUT2D eigenvalue weighted by Crippen LogP contribution is 2.16. The van der Waals surface area contributed by atoms with E-state index in [0.29, 0.717) is 0 Å². The molecule has 0 saturated heterocycles. The molecule has 1 rings (SSSR count). The first-order valence-corrected chi connectivity index (χ1v) is 19.5. The standard InChI is InChI=1S/C40H77N2/c1-3-5-7-9-11-12-13-14-15-16-17-18-19-22-26-30-36-41-37-33-35-40-34-29-25-21-20-24-28-32-39-42(40)38-31-27-23-10-8-6-4-2/h14-15,34,38,41H,3-13,16-33,35-37,39H2,1-2H3/q+1/b15-14+,40-34-,42-38?. The van der Waals surface area contributed by atoms with Gasteiger partial charge in [-0.05, 0) is 83.4 Å². The van der Waals surface area contributed by atoms with Gasteiger partial charge in [0.1, 0.15) is 12.8 Å². The lowest BCUT2D eigenvalue weighted by molar-refractivity contribution is -0.477. The predicted molar refractivity (Wildman–Crippen MR) is 191 cm³/mol. The molecule has 0 saturated carbocycles. The van der Waals surface area contributed by atoms with Crippen LogP contribution < -0.4 is 5.32 Å². The third-order valence-electron chi connectivity index (χ3n) is 9.16. The Balaban J connectivity index is 2.12. The first-order valence-electron chi connectivity index (χ1n) is 19.5. The van der Waals surface area contributed by atoms with Gasteiger partial charge in [0.05, 0.1) is 0 Å². The second-order valence-corrected chi connectivity index (χ2v) is 13.3. The number of hydrogen-bond acceptors (Lipinski definition) is 1. The van der Waals surface area contributed by atoms with Crippen LogP contribution in [0.5, 0.6) is 0 Å². The maximum Gasteiger partial charge on any atom is 0.177 e. The topological polar surface area (TPSA) is 15.0 Å². The molecule has 1 aliphatic rings. The minimum atomic E-state index is 1.17. The Kier molecular flexibility index (Phi) is 30.8. The van der Waals surface area contributed by atoms with Gasteiger partial charge >= 0.3 is 0 Å². The maximum absolute atomic E-state index is 3.76. The largest absolute Gasteiger partial charge is 0.317 e. The summed E-state index contributed by atoms with van der Waals surface area (Å²) in [6, 6.07) is 0. The number of rotatable bonds is 27. The molecule has 2 nitrogen and oxygen atoms in total. The lowest BCUT2D eigenvalue weighted by atomic mass is 10.1. The van der Waals surface area contributed by atoms with Crippen molar-refractivity contribution in [3.8, 4) is 0 Å². The molecule has 0 amide bonds. The molecular weight excluding hydrogens is 508 g/mol. The highest BCUT2D eigenvalue weighted by molar-refractivity contribution is 5.51.